The summed E-state index contributed by atoms with van der Waals surface area (Å²) in [5, 5.41) is 18.9. The summed E-state index contributed by atoms with van der Waals surface area (Å²) < 4.78 is 18.3. The minimum Gasteiger partial charge on any atom is -0.478 e. The van der Waals surface area contributed by atoms with Crippen molar-refractivity contribution in [3.05, 3.63) is 58.8 Å². The third kappa shape index (κ3) is 2.12. The van der Waals surface area contributed by atoms with E-state index < -0.39 is 17.9 Å². The second-order valence-electron chi connectivity index (χ2n) is 3.91. The molecule has 0 saturated carbocycles. The molecule has 0 amide bonds. The molecule has 18 heavy (non-hydrogen) atoms. The molecule has 0 spiro atoms. The smallest absolute Gasteiger partial charge is 0.339 e. The molecule has 2 N–H and O–H groups in total. The van der Waals surface area contributed by atoms with Crippen LogP contribution in [-0.2, 0) is 0 Å². The fourth-order valence-electron chi connectivity index (χ4n) is 1.64. The number of aliphatic hydroxyl groups is 1. The van der Waals surface area contributed by atoms with Crippen molar-refractivity contribution in [1.29, 1.82) is 0 Å². The van der Waals surface area contributed by atoms with Gasteiger partial charge in [0.2, 0.25) is 0 Å². The van der Waals surface area contributed by atoms with Crippen LogP contribution in [0.4, 0.5) is 4.39 Å². The summed E-state index contributed by atoms with van der Waals surface area (Å²) in [7, 11) is 0. The van der Waals surface area contributed by atoms with Crippen molar-refractivity contribution in [1.82, 2.24) is 0 Å². The molecule has 0 saturated heterocycles. The predicted octanol–water partition coefficient (Wildman–Crippen LogP) is 2.51. The third-order valence-corrected chi connectivity index (χ3v) is 2.69. The second kappa shape index (κ2) is 4.62. The summed E-state index contributed by atoms with van der Waals surface area (Å²) >= 11 is 0. The Bertz CT molecular complexity index is 588. The molecule has 1 unspecified atom stereocenters. The predicted molar refractivity (Wildman–Crippen MR) is 60.9 cm³/mol. The Labute approximate surface area is 102 Å². The van der Waals surface area contributed by atoms with Gasteiger partial charge >= 0.3 is 5.97 Å². The van der Waals surface area contributed by atoms with Crippen molar-refractivity contribution < 1.29 is 23.8 Å². The highest BCUT2D eigenvalue weighted by molar-refractivity contribution is 5.88. The molecule has 0 aliphatic heterocycles. The van der Waals surface area contributed by atoms with Crippen LogP contribution in [0.15, 0.2) is 34.9 Å². The number of aromatic carboxylic acids is 1. The van der Waals surface area contributed by atoms with E-state index in [-0.39, 0.29) is 16.9 Å². The van der Waals surface area contributed by atoms with Crippen LogP contribution in [0.25, 0.3) is 0 Å². The summed E-state index contributed by atoms with van der Waals surface area (Å²) in [5.41, 5.74) is 0.558. The molecule has 0 bridgehead atoms. The van der Waals surface area contributed by atoms with Crippen LogP contribution in [0.1, 0.15) is 33.3 Å². The molecule has 1 atom stereocenters. The van der Waals surface area contributed by atoms with E-state index in [0.29, 0.717) is 5.56 Å². The molecule has 4 nitrogen and oxygen atoms in total. The van der Waals surface area contributed by atoms with Crippen molar-refractivity contribution in [2.75, 3.05) is 0 Å². The lowest BCUT2D eigenvalue weighted by atomic mass is 10.0. The summed E-state index contributed by atoms with van der Waals surface area (Å²) in [6.45, 7) is 1.60. The largest absolute Gasteiger partial charge is 0.478 e. The standard InChI is InChI=1S/C13H11FO4/c1-7-2-3-8(6-10(7)14)11(15)12-9(13(16)17)4-5-18-12/h2-6,11,15H,1H3,(H,16,17). The highest BCUT2D eigenvalue weighted by atomic mass is 19.1. The van der Waals surface area contributed by atoms with Gasteiger partial charge < -0.3 is 14.6 Å². The molecule has 2 aromatic rings. The van der Waals surface area contributed by atoms with Crippen LogP contribution >= 0.6 is 0 Å². The quantitative estimate of drug-likeness (QED) is 0.878. The number of benzene rings is 1. The molecule has 5 heteroatoms. The molecule has 0 aliphatic rings. The van der Waals surface area contributed by atoms with E-state index in [1.54, 1.807) is 6.92 Å². The normalized spacial score (nSPS) is 12.4. The number of carbonyl (C=O) groups is 1. The lowest BCUT2D eigenvalue weighted by Gasteiger charge is -2.10. The third-order valence-electron chi connectivity index (χ3n) is 2.69. The lowest BCUT2D eigenvalue weighted by molar-refractivity contribution is 0.0687. The Hall–Kier alpha value is -2.14. The van der Waals surface area contributed by atoms with E-state index >= 15 is 0 Å². The molecule has 1 aromatic carbocycles. The highest BCUT2D eigenvalue weighted by Gasteiger charge is 2.22. The summed E-state index contributed by atoms with van der Waals surface area (Å²) in [5.74, 6) is -1.77. The highest BCUT2D eigenvalue weighted by Crippen LogP contribution is 2.27. The maximum Gasteiger partial charge on any atom is 0.339 e. The average molecular weight is 250 g/mol. The molecular weight excluding hydrogens is 239 g/mol. The van der Waals surface area contributed by atoms with Gasteiger partial charge in [-0.25, -0.2) is 9.18 Å². The Morgan fingerprint density at radius 1 is 1.39 bits per heavy atom. The van der Waals surface area contributed by atoms with Crippen molar-refractivity contribution in [3.63, 3.8) is 0 Å². The number of hydrogen-bond donors (Lipinski definition) is 2. The van der Waals surface area contributed by atoms with Crippen LogP contribution in [-0.4, -0.2) is 16.2 Å². The van der Waals surface area contributed by atoms with Gasteiger partial charge in [-0.3, -0.25) is 0 Å². The molecular formula is C13H11FO4. The van der Waals surface area contributed by atoms with Crippen LogP contribution in [0.5, 0.6) is 0 Å². The van der Waals surface area contributed by atoms with Gasteiger partial charge in [-0.2, -0.15) is 0 Å². The number of halogens is 1. The number of furan rings is 1. The van der Waals surface area contributed by atoms with Gasteiger partial charge in [0, 0.05) is 0 Å². The first kappa shape index (κ1) is 12.3. The van der Waals surface area contributed by atoms with Crippen molar-refractivity contribution >= 4 is 5.97 Å². The summed E-state index contributed by atoms with van der Waals surface area (Å²) in [6, 6.07) is 5.44. The summed E-state index contributed by atoms with van der Waals surface area (Å²) in [6.07, 6.45) is -0.131. The Morgan fingerprint density at radius 3 is 2.72 bits per heavy atom. The molecule has 0 fully saturated rings. The van der Waals surface area contributed by atoms with Crippen LogP contribution in [0.2, 0.25) is 0 Å². The van der Waals surface area contributed by atoms with E-state index in [4.69, 9.17) is 9.52 Å². The van der Waals surface area contributed by atoms with Gasteiger partial charge in [-0.15, -0.1) is 0 Å². The lowest BCUT2D eigenvalue weighted by Crippen LogP contribution is -2.06. The van der Waals surface area contributed by atoms with Gasteiger partial charge in [0.15, 0.2) is 5.76 Å². The van der Waals surface area contributed by atoms with Gasteiger partial charge in [-0.1, -0.05) is 12.1 Å². The first-order valence-corrected chi connectivity index (χ1v) is 5.25. The summed E-state index contributed by atoms with van der Waals surface area (Å²) in [4.78, 5) is 10.9. The molecule has 1 aromatic heterocycles. The first-order chi connectivity index (χ1) is 8.50. The van der Waals surface area contributed by atoms with Crippen molar-refractivity contribution in [2.45, 2.75) is 13.0 Å². The van der Waals surface area contributed by atoms with Gasteiger partial charge in [-0.05, 0) is 30.2 Å². The van der Waals surface area contributed by atoms with Crippen molar-refractivity contribution in [2.24, 2.45) is 0 Å². The number of carboxylic acid groups (broad SMARTS) is 1. The van der Waals surface area contributed by atoms with Crippen LogP contribution < -0.4 is 0 Å². The first-order valence-electron chi connectivity index (χ1n) is 5.25. The SMILES string of the molecule is Cc1ccc(C(O)c2occc2C(=O)O)cc1F. The Kier molecular flexibility index (Phi) is 3.16. The monoisotopic (exact) mass is 250 g/mol. The second-order valence-corrected chi connectivity index (χ2v) is 3.91. The topological polar surface area (TPSA) is 70.7 Å². The molecule has 0 aliphatic carbocycles. The van der Waals surface area contributed by atoms with E-state index in [1.165, 1.54) is 24.5 Å². The van der Waals surface area contributed by atoms with Gasteiger partial charge in [0.05, 0.1) is 6.26 Å². The Morgan fingerprint density at radius 2 is 2.11 bits per heavy atom. The molecule has 2 rings (SSSR count). The van der Waals surface area contributed by atoms with Crippen LogP contribution in [0, 0.1) is 12.7 Å². The molecule has 94 valence electrons. The maximum atomic E-state index is 13.4. The van der Waals surface area contributed by atoms with Gasteiger partial charge in [0.1, 0.15) is 17.5 Å². The zero-order valence-corrected chi connectivity index (χ0v) is 9.55. The number of rotatable bonds is 3. The average Bonchev–Trinajstić information content (AvgIpc) is 2.81. The minimum atomic E-state index is -1.30. The maximum absolute atomic E-state index is 13.4. The fraction of sp³-hybridized carbons (Fsp3) is 0.154. The number of hydrogen-bond acceptors (Lipinski definition) is 3. The number of carboxylic acids is 1. The molecule has 1 heterocycles. The van der Waals surface area contributed by atoms with Crippen molar-refractivity contribution in [3.8, 4) is 0 Å². The van der Waals surface area contributed by atoms with Crippen LogP contribution in [0.3, 0.4) is 0 Å². The van der Waals surface area contributed by atoms with E-state index in [1.807, 2.05) is 0 Å². The number of aryl methyl sites for hydroxylation is 1. The molecule has 0 radical (unpaired) electrons. The van der Waals surface area contributed by atoms with E-state index in [0.717, 1.165) is 6.07 Å². The zero-order chi connectivity index (χ0) is 13.3. The van der Waals surface area contributed by atoms with Gasteiger partial charge in [0.25, 0.3) is 0 Å². The fourth-order valence-corrected chi connectivity index (χ4v) is 1.64. The Balaban J connectivity index is 2.41. The minimum absolute atomic E-state index is 0.106. The van der Waals surface area contributed by atoms with E-state index in [2.05, 4.69) is 0 Å². The van der Waals surface area contributed by atoms with E-state index in [9.17, 15) is 14.3 Å². The zero-order valence-electron chi connectivity index (χ0n) is 9.55. The number of aliphatic hydroxyl groups excluding tert-OH is 1.